The van der Waals surface area contributed by atoms with Gasteiger partial charge in [-0.3, -0.25) is 0 Å². The summed E-state index contributed by atoms with van der Waals surface area (Å²) in [5.41, 5.74) is 0. The number of hydrogen-bond acceptors (Lipinski definition) is 2. The van der Waals surface area contributed by atoms with Gasteiger partial charge in [-0.15, -0.1) is 11.3 Å². The molecule has 1 nitrogen and oxygen atoms in total. The Morgan fingerprint density at radius 3 is 2.67 bits per heavy atom. The Morgan fingerprint density at radius 1 is 1.78 bits per heavy atom. The van der Waals surface area contributed by atoms with Crippen LogP contribution in [0, 0.1) is 3.57 Å². The molecular weight excluding hydrogens is 270 g/mol. The highest BCUT2D eigenvalue weighted by Gasteiger charge is 2.05. The SMILES string of the molecule is COc1c(I)csc1Cl. The van der Waals surface area contributed by atoms with Crippen LogP contribution in [0.5, 0.6) is 5.75 Å². The Kier molecular flexibility index (Phi) is 2.60. The van der Waals surface area contributed by atoms with Crippen molar-refractivity contribution < 1.29 is 4.74 Å². The number of rotatable bonds is 1. The Bertz CT molecular complexity index is 191. The summed E-state index contributed by atoms with van der Waals surface area (Å²) < 4.78 is 6.78. The van der Waals surface area contributed by atoms with E-state index in [-0.39, 0.29) is 0 Å². The summed E-state index contributed by atoms with van der Waals surface area (Å²) in [5, 5.41) is 1.96. The predicted molar refractivity (Wildman–Crippen MR) is 48.6 cm³/mol. The second kappa shape index (κ2) is 3.07. The molecule has 50 valence electrons. The maximum absolute atomic E-state index is 5.73. The minimum Gasteiger partial charge on any atom is -0.493 e. The Balaban J connectivity index is 3.07. The molecule has 0 aromatic carbocycles. The second-order valence-corrected chi connectivity index (χ2v) is 4.03. The molecule has 1 rings (SSSR count). The molecule has 0 atom stereocenters. The van der Waals surface area contributed by atoms with Crippen LogP contribution in [0.3, 0.4) is 0 Å². The van der Waals surface area contributed by atoms with E-state index >= 15 is 0 Å². The Hall–Kier alpha value is 0.520. The molecule has 1 aromatic heterocycles. The van der Waals surface area contributed by atoms with Crippen molar-refractivity contribution in [3.63, 3.8) is 0 Å². The fourth-order valence-corrected chi connectivity index (χ4v) is 2.62. The van der Waals surface area contributed by atoms with Gasteiger partial charge in [0.2, 0.25) is 0 Å². The summed E-state index contributed by atoms with van der Waals surface area (Å²) in [7, 11) is 1.62. The van der Waals surface area contributed by atoms with Gasteiger partial charge in [0.15, 0.2) is 5.75 Å². The molecule has 0 saturated heterocycles. The summed E-state index contributed by atoms with van der Waals surface area (Å²) in [4.78, 5) is 0. The molecule has 0 aliphatic carbocycles. The van der Waals surface area contributed by atoms with Crippen molar-refractivity contribution in [3.8, 4) is 5.75 Å². The lowest BCUT2D eigenvalue weighted by molar-refractivity contribution is 0.414. The molecule has 0 N–H and O–H groups in total. The molecule has 0 aliphatic heterocycles. The van der Waals surface area contributed by atoms with Crippen LogP contribution in [0.1, 0.15) is 0 Å². The van der Waals surface area contributed by atoms with Gasteiger partial charge < -0.3 is 4.74 Å². The topological polar surface area (TPSA) is 9.23 Å². The van der Waals surface area contributed by atoms with Gasteiger partial charge in [0.25, 0.3) is 0 Å². The number of halogens is 2. The van der Waals surface area contributed by atoms with Crippen LogP contribution in [-0.4, -0.2) is 7.11 Å². The van der Waals surface area contributed by atoms with E-state index in [0.717, 1.165) is 13.7 Å². The molecule has 0 unspecified atom stereocenters. The molecule has 0 saturated carbocycles. The van der Waals surface area contributed by atoms with E-state index in [0.29, 0.717) is 0 Å². The smallest absolute Gasteiger partial charge is 0.161 e. The minimum atomic E-state index is 0.724. The average Bonchev–Trinajstić information content (AvgIpc) is 2.12. The molecule has 1 aromatic rings. The first kappa shape index (κ1) is 7.63. The maximum atomic E-state index is 5.73. The third kappa shape index (κ3) is 1.50. The lowest BCUT2D eigenvalue weighted by Gasteiger charge is -1.94. The largest absolute Gasteiger partial charge is 0.493 e. The summed E-state index contributed by atoms with van der Waals surface area (Å²) in [5.74, 6) is 0.794. The van der Waals surface area contributed by atoms with Gasteiger partial charge in [-0.25, -0.2) is 0 Å². The number of methoxy groups -OCH3 is 1. The van der Waals surface area contributed by atoms with Crippen molar-refractivity contribution in [2.24, 2.45) is 0 Å². The van der Waals surface area contributed by atoms with Crippen LogP contribution in [0.4, 0.5) is 0 Å². The lowest BCUT2D eigenvalue weighted by Crippen LogP contribution is -1.80. The maximum Gasteiger partial charge on any atom is 0.161 e. The molecule has 9 heavy (non-hydrogen) atoms. The van der Waals surface area contributed by atoms with E-state index in [9.17, 15) is 0 Å². The van der Waals surface area contributed by atoms with Gasteiger partial charge in [-0.1, -0.05) is 11.6 Å². The minimum absolute atomic E-state index is 0.724. The standard InChI is InChI=1S/C5H4ClIOS/c1-8-4-3(7)2-9-5(4)6/h2H,1H3. The predicted octanol–water partition coefficient (Wildman–Crippen LogP) is 3.01. The number of thiophene rings is 1. The van der Waals surface area contributed by atoms with Crippen molar-refractivity contribution in [2.45, 2.75) is 0 Å². The quantitative estimate of drug-likeness (QED) is 0.715. The van der Waals surface area contributed by atoms with E-state index in [1.807, 2.05) is 5.38 Å². The Labute approximate surface area is 76.1 Å². The van der Waals surface area contributed by atoms with Crippen molar-refractivity contribution in [1.29, 1.82) is 0 Å². The van der Waals surface area contributed by atoms with Gasteiger partial charge in [-0.2, -0.15) is 0 Å². The molecule has 4 heteroatoms. The second-order valence-electron chi connectivity index (χ2n) is 1.39. The van der Waals surface area contributed by atoms with E-state index in [1.165, 1.54) is 11.3 Å². The molecule has 0 amide bonds. The fraction of sp³-hybridized carbons (Fsp3) is 0.200. The third-order valence-electron chi connectivity index (χ3n) is 0.865. The molecule has 0 bridgehead atoms. The normalized spacial score (nSPS) is 9.67. The summed E-state index contributed by atoms with van der Waals surface area (Å²) in [6, 6.07) is 0. The van der Waals surface area contributed by atoms with E-state index in [2.05, 4.69) is 22.6 Å². The summed E-state index contributed by atoms with van der Waals surface area (Å²) >= 11 is 9.40. The van der Waals surface area contributed by atoms with E-state index < -0.39 is 0 Å². The van der Waals surface area contributed by atoms with Gasteiger partial charge in [0.1, 0.15) is 4.34 Å². The zero-order chi connectivity index (χ0) is 6.85. The highest BCUT2D eigenvalue weighted by molar-refractivity contribution is 14.1. The highest BCUT2D eigenvalue weighted by Crippen LogP contribution is 2.35. The van der Waals surface area contributed by atoms with Crippen LogP contribution >= 0.6 is 45.5 Å². The molecule has 0 radical (unpaired) electrons. The third-order valence-corrected chi connectivity index (χ3v) is 3.27. The van der Waals surface area contributed by atoms with Gasteiger partial charge in [0, 0.05) is 5.38 Å². The fourth-order valence-electron chi connectivity index (χ4n) is 0.482. The monoisotopic (exact) mass is 274 g/mol. The van der Waals surface area contributed by atoms with Crippen LogP contribution in [0.25, 0.3) is 0 Å². The van der Waals surface area contributed by atoms with E-state index in [1.54, 1.807) is 7.11 Å². The van der Waals surface area contributed by atoms with Crippen molar-refractivity contribution >= 4 is 45.5 Å². The molecule has 1 heterocycles. The molecule has 0 aliphatic rings. The molecule has 0 spiro atoms. The average molecular weight is 275 g/mol. The van der Waals surface area contributed by atoms with Crippen LogP contribution in [-0.2, 0) is 0 Å². The highest BCUT2D eigenvalue weighted by atomic mass is 127. The van der Waals surface area contributed by atoms with Crippen molar-refractivity contribution in [1.82, 2.24) is 0 Å². The van der Waals surface area contributed by atoms with E-state index in [4.69, 9.17) is 16.3 Å². The first-order chi connectivity index (χ1) is 4.25. The summed E-state index contributed by atoms with van der Waals surface area (Å²) in [6.07, 6.45) is 0. The van der Waals surface area contributed by atoms with Gasteiger partial charge in [-0.05, 0) is 22.6 Å². The lowest BCUT2D eigenvalue weighted by atomic mass is 10.6. The zero-order valence-corrected chi connectivity index (χ0v) is 8.38. The molecule has 0 fully saturated rings. The molecular formula is C5H4ClIOS. The van der Waals surface area contributed by atoms with Crippen molar-refractivity contribution in [2.75, 3.05) is 7.11 Å². The van der Waals surface area contributed by atoms with Gasteiger partial charge in [0.05, 0.1) is 10.7 Å². The van der Waals surface area contributed by atoms with Crippen LogP contribution in [0.15, 0.2) is 5.38 Å². The Morgan fingerprint density at radius 2 is 2.44 bits per heavy atom. The first-order valence-electron chi connectivity index (χ1n) is 2.22. The van der Waals surface area contributed by atoms with Crippen LogP contribution in [0.2, 0.25) is 4.34 Å². The zero-order valence-electron chi connectivity index (χ0n) is 4.65. The summed E-state index contributed by atoms with van der Waals surface area (Å²) in [6.45, 7) is 0. The number of ether oxygens (including phenoxy) is 1. The number of hydrogen-bond donors (Lipinski definition) is 0. The first-order valence-corrected chi connectivity index (χ1v) is 4.56. The van der Waals surface area contributed by atoms with Crippen molar-refractivity contribution in [3.05, 3.63) is 13.3 Å². The van der Waals surface area contributed by atoms with Crippen LogP contribution < -0.4 is 4.74 Å². The van der Waals surface area contributed by atoms with Gasteiger partial charge >= 0.3 is 0 Å².